The van der Waals surface area contributed by atoms with E-state index in [4.69, 9.17) is 17.3 Å². The molecular formula is C31H36ClN7O3S. The fourth-order valence-electron chi connectivity index (χ4n) is 4.79. The number of anilines is 1. The molecule has 0 spiro atoms. The van der Waals surface area contributed by atoms with Gasteiger partial charge in [-0.2, -0.15) is 0 Å². The largest absolute Gasteiger partial charge is 0.390 e. The Morgan fingerprint density at radius 2 is 2.09 bits per heavy atom. The molecule has 0 radical (unpaired) electrons. The highest BCUT2D eigenvalue weighted by atomic mass is 35.5. The number of allylic oxidation sites excluding steroid dienone is 3. The van der Waals surface area contributed by atoms with Crippen molar-refractivity contribution in [1.29, 1.82) is 0 Å². The second-order valence-corrected chi connectivity index (χ2v) is 11.6. The SMILES string of the molecule is CC1=CC(CCNc2nc(Cl)c(-c3ccccc3)n(CC(=O)N[C@@H](CCCN=CN)C(=O)c3nccs3)c2=O)=CCC1C. The Kier molecular flexibility index (Phi) is 11.4. The first-order valence-electron chi connectivity index (χ1n) is 14.2. The van der Waals surface area contributed by atoms with Crippen LogP contribution in [0.2, 0.25) is 5.15 Å². The molecule has 226 valence electrons. The van der Waals surface area contributed by atoms with Crippen LogP contribution in [0.15, 0.2) is 75.0 Å². The van der Waals surface area contributed by atoms with Gasteiger partial charge in [0.25, 0.3) is 5.56 Å². The third kappa shape index (κ3) is 8.48. The van der Waals surface area contributed by atoms with Gasteiger partial charge in [-0.1, -0.05) is 72.2 Å². The van der Waals surface area contributed by atoms with Crippen LogP contribution in [-0.4, -0.2) is 51.7 Å². The minimum atomic E-state index is -0.847. The smallest absolute Gasteiger partial charge is 0.294 e. The second kappa shape index (κ2) is 15.4. The van der Waals surface area contributed by atoms with Crippen molar-refractivity contribution >= 4 is 46.8 Å². The molecule has 1 aliphatic rings. The number of rotatable bonds is 14. The number of thiazole rings is 1. The Hall–Kier alpha value is -4.09. The van der Waals surface area contributed by atoms with Crippen LogP contribution in [0.3, 0.4) is 0 Å². The molecule has 12 heteroatoms. The maximum Gasteiger partial charge on any atom is 0.294 e. The quantitative estimate of drug-likeness (QED) is 0.101. The van der Waals surface area contributed by atoms with Crippen molar-refractivity contribution in [1.82, 2.24) is 19.9 Å². The number of aliphatic imine (C=N–C) groups is 1. The van der Waals surface area contributed by atoms with E-state index in [0.717, 1.165) is 6.42 Å². The summed E-state index contributed by atoms with van der Waals surface area (Å²) in [5.74, 6) is -0.247. The Labute approximate surface area is 259 Å². The lowest BCUT2D eigenvalue weighted by molar-refractivity contribution is -0.122. The number of hydrogen-bond donors (Lipinski definition) is 3. The number of aromatic nitrogens is 3. The highest BCUT2D eigenvalue weighted by molar-refractivity contribution is 7.11. The number of hydrogen-bond acceptors (Lipinski definition) is 8. The van der Waals surface area contributed by atoms with Gasteiger partial charge in [-0.15, -0.1) is 11.3 Å². The molecule has 0 saturated carbocycles. The van der Waals surface area contributed by atoms with Crippen LogP contribution in [0.1, 0.15) is 49.3 Å². The highest BCUT2D eigenvalue weighted by Gasteiger charge is 2.25. The van der Waals surface area contributed by atoms with Gasteiger partial charge in [0, 0.05) is 30.2 Å². The number of ketones is 1. The molecule has 10 nitrogen and oxygen atoms in total. The Balaban J connectivity index is 1.58. The maximum absolute atomic E-state index is 13.7. The topological polar surface area (TPSA) is 144 Å². The van der Waals surface area contributed by atoms with Crippen LogP contribution < -0.4 is 21.9 Å². The van der Waals surface area contributed by atoms with E-state index in [1.807, 2.05) is 18.2 Å². The summed E-state index contributed by atoms with van der Waals surface area (Å²) in [6.07, 6.45) is 9.68. The molecule has 0 aliphatic heterocycles. The van der Waals surface area contributed by atoms with Crippen LogP contribution in [0.4, 0.5) is 5.82 Å². The molecule has 2 aromatic heterocycles. The molecule has 0 bridgehead atoms. The first-order valence-corrected chi connectivity index (χ1v) is 15.4. The van der Waals surface area contributed by atoms with Crippen LogP contribution in [0, 0.1) is 5.92 Å². The Morgan fingerprint density at radius 3 is 2.79 bits per heavy atom. The third-order valence-corrected chi connectivity index (χ3v) is 8.33. The summed E-state index contributed by atoms with van der Waals surface area (Å²) < 4.78 is 1.30. The van der Waals surface area contributed by atoms with E-state index in [0.29, 0.717) is 54.5 Å². The molecular weight excluding hydrogens is 586 g/mol. The standard InChI is InChI=1S/C31H36ClN7O3S/c1-20-10-11-22(17-21(20)2)12-14-35-29-31(42)39(26(28(32)38-29)23-7-4-3-5-8-23)18-25(40)37-24(9-6-13-34-19-33)27(41)30-36-15-16-43-30/h3-5,7-8,11,15-17,19-20,24H,6,9-10,12-14,18H2,1-2H3,(H2,33,34)(H,35,38)(H,37,40)/t20?,24-/m0/s1. The molecule has 1 aromatic carbocycles. The molecule has 1 amide bonds. The molecule has 0 saturated heterocycles. The summed E-state index contributed by atoms with van der Waals surface area (Å²) in [5, 5.41) is 8.00. The zero-order valence-electron chi connectivity index (χ0n) is 24.3. The van der Waals surface area contributed by atoms with E-state index < -0.39 is 17.5 Å². The lowest BCUT2D eigenvalue weighted by atomic mass is 9.90. The molecule has 2 atom stereocenters. The Morgan fingerprint density at radius 1 is 1.30 bits per heavy atom. The average Bonchev–Trinajstić information content (AvgIpc) is 3.54. The minimum absolute atomic E-state index is 0.0537. The fourth-order valence-corrected chi connectivity index (χ4v) is 5.72. The minimum Gasteiger partial charge on any atom is -0.390 e. The lowest BCUT2D eigenvalue weighted by Gasteiger charge is -2.20. The molecule has 4 N–H and O–H groups in total. The van der Waals surface area contributed by atoms with Crippen LogP contribution in [0.5, 0.6) is 0 Å². The molecule has 2 heterocycles. The van der Waals surface area contributed by atoms with E-state index in [-0.39, 0.29) is 23.3 Å². The van der Waals surface area contributed by atoms with E-state index in [1.54, 1.807) is 17.5 Å². The zero-order chi connectivity index (χ0) is 30.8. The zero-order valence-corrected chi connectivity index (χ0v) is 25.8. The van der Waals surface area contributed by atoms with Gasteiger partial charge < -0.3 is 16.4 Å². The fraction of sp³-hybridized carbons (Fsp3) is 0.355. The van der Waals surface area contributed by atoms with Gasteiger partial charge in [-0.25, -0.2) is 9.97 Å². The highest BCUT2D eigenvalue weighted by Crippen LogP contribution is 2.27. The first-order chi connectivity index (χ1) is 20.8. The summed E-state index contributed by atoms with van der Waals surface area (Å²) in [7, 11) is 0. The maximum atomic E-state index is 13.7. The van der Waals surface area contributed by atoms with Crippen molar-refractivity contribution in [2.24, 2.45) is 16.6 Å². The summed E-state index contributed by atoms with van der Waals surface area (Å²) in [6, 6.07) is 8.21. The van der Waals surface area contributed by atoms with Crippen LogP contribution in [0.25, 0.3) is 11.3 Å². The molecule has 0 fully saturated rings. The number of nitrogens with zero attached hydrogens (tertiary/aromatic N) is 4. The number of halogens is 1. The number of carbonyl (C=O) groups excluding carboxylic acids is 2. The monoisotopic (exact) mass is 621 g/mol. The summed E-state index contributed by atoms with van der Waals surface area (Å²) >= 11 is 7.86. The van der Waals surface area contributed by atoms with Crippen molar-refractivity contribution < 1.29 is 9.59 Å². The summed E-state index contributed by atoms with van der Waals surface area (Å²) in [4.78, 5) is 52.8. The first kappa shape index (κ1) is 31.8. The summed E-state index contributed by atoms with van der Waals surface area (Å²) in [6.45, 7) is 4.83. The predicted molar refractivity (Wildman–Crippen MR) is 173 cm³/mol. The van der Waals surface area contributed by atoms with Gasteiger partial charge in [0.15, 0.2) is 16.0 Å². The van der Waals surface area contributed by atoms with Gasteiger partial charge in [0.1, 0.15) is 6.54 Å². The molecule has 3 aromatic rings. The van der Waals surface area contributed by atoms with E-state index >= 15 is 0 Å². The number of nitrogens with one attached hydrogen (secondary N) is 2. The van der Waals surface area contributed by atoms with Gasteiger partial charge in [-0.05, 0) is 38.5 Å². The van der Waals surface area contributed by atoms with Crippen molar-refractivity contribution in [3.63, 3.8) is 0 Å². The number of nitrogens with two attached hydrogens (primary N) is 1. The number of benzene rings is 1. The van der Waals surface area contributed by atoms with Gasteiger partial charge in [0.2, 0.25) is 11.7 Å². The number of carbonyl (C=O) groups is 2. The van der Waals surface area contributed by atoms with Gasteiger partial charge >= 0.3 is 0 Å². The molecule has 1 unspecified atom stereocenters. The molecule has 1 aliphatic carbocycles. The van der Waals surface area contributed by atoms with E-state index in [1.165, 1.54) is 39.6 Å². The van der Waals surface area contributed by atoms with Gasteiger partial charge in [0.05, 0.1) is 18.1 Å². The van der Waals surface area contributed by atoms with Crippen molar-refractivity contribution in [2.75, 3.05) is 18.4 Å². The summed E-state index contributed by atoms with van der Waals surface area (Å²) in [5.41, 5.74) is 8.32. The average molecular weight is 622 g/mol. The van der Waals surface area contributed by atoms with E-state index in [9.17, 15) is 14.4 Å². The number of amides is 1. The van der Waals surface area contributed by atoms with Crippen molar-refractivity contribution in [3.8, 4) is 11.3 Å². The van der Waals surface area contributed by atoms with Gasteiger partial charge in [-0.3, -0.25) is 23.9 Å². The third-order valence-electron chi connectivity index (χ3n) is 7.28. The van der Waals surface area contributed by atoms with Crippen molar-refractivity contribution in [2.45, 2.75) is 52.1 Å². The molecule has 4 rings (SSSR count). The Bertz CT molecular complexity index is 1570. The van der Waals surface area contributed by atoms with Crippen molar-refractivity contribution in [3.05, 3.63) is 85.7 Å². The van der Waals surface area contributed by atoms with E-state index in [2.05, 4.69) is 51.6 Å². The van der Waals surface area contributed by atoms with Crippen LogP contribution >= 0.6 is 22.9 Å². The van der Waals surface area contributed by atoms with Crippen LogP contribution in [-0.2, 0) is 11.3 Å². The normalized spacial score (nSPS) is 15.6. The predicted octanol–water partition coefficient (Wildman–Crippen LogP) is 4.87. The molecule has 43 heavy (non-hydrogen) atoms. The number of Topliss-reactive ketones (excluding diaryl/α,β-unsaturated/α-hetero) is 1. The lowest BCUT2D eigenvalue weighted by Crippen LogP contribution is -2.44. The second-order valence-electron chi connectivity index (χ2n) is 10.4.